The van der Waals surface area contributed by atoms with Crippen LogP contribution in [0, 0.1) is 0 Å². The number of H-pyrrole nitrogens is 1. The zero-order chi connectivity index (χ0) is 22.1. The van der Waals surface area contributed by atoms with E-state index in [0.717, 1.165) is 22.2 Å². The maximum atomic E-state index is 12.5. The summed E-state index contributed by atoms with van der Waals surface area (Å²) < 4.78 is 0. The van der Waals surface area contributed by atoms with Crippen LogP contribution in [0.1, 0.15) is 31.3 Å². The van der Waals surface area contributed by atoms with Gasteiger partial charge in [-0.05, 0) is 24.1 Å². The number of benzene rings is 1. The molecular formula is C20H18N4O6S. The number of amides is 2. The first-order valence-corrected chi connectivity index (χ1v) is 10.2. The van der Waals surface area contributed by atoms with Crippen molar-refractivity contribution in [3.05, 3.63) is 52.0 Å². The van der Waals surface area contributed by atoms with Crippen molar-refractivity contribution in [3.8, 4) is 0 Å². The van der Waals surface area contributed by atoms with Gasteiger partial charge < -0.3 is 31.1 Å². The molecule has 1 unspecified atom stereocenters. The van der Waals surface area contributed by atoms with E-state index in [-0.39, 0.29) is 29.1 Å². The topological polar surface area (TPSA) is 161 Å². The molecule has 11 heteroatoms. The van der Waals surface area contributed by atoms with Gasteiger partial charge in [0.2, 0.25) is 0 Å². The van der Waals surface area contributed by atoms with E-state index in [4.69, 9.17) is 5.11 Å². The summed E-state index contributed by atoms with van der Waals surface area (Å²) in [6, 6.07) is 9.07. The first kappa shape index (κ1) is 20.6. The van der Waals surface area contributed by atoms with Crippen molar-refractivity contribution in [3.63, 3.8) is 0 Å². The first-order valence-electron chi connectivity index (χ1n) is 9.35. The molecule has 3 heterocycles. The maximum absolute atomic E-state index is 12.5. The van der Waals surface area contributed by atoms with Crippen LogP contribution in [-0.2, 0) is 22.6 Å². The minimum atomic E-state index is -1.70. The molecule has 0 spiro atoms. The highest BCUT2D eigenvalue weighted by molar-refractivity contribution is 7.17. The van der Waals surface area contributed by atoms with Gasteiger partial charge in [-0.2, -0.15) is 0 Å². The molecule has 1 atom stereocenters. The van der Waals surface area contributed by atoms with E-state index in [9.17, 15) is 24.3 Å². The molecule has 0 saturated carbocycles. The van der Waals surface area contributed by atoms with Gasteiger partial charge in [-0.3, -0.25) is 9.59 Å². The molecule has 1 aliphatic rings. The number of rotatable bonds is 5. The van der Waals surface area contributed by atoms with E-state index in [1.165, 1.54) is 0 Å². The molecule has 0 bridgehead atoms. The molecule has 160 valence electrons. The van der Waals surface area contributed by atoms with Gasteiger partial charge in [-0.1, -0.05) is 18.2 Å². The smallest absolute Gasteiger partial charge is 0.394 e. The van der Waals surface area contributed by atoms with Gasteiger partial charge in [-0.25, -0.2) is 9.59 Å². The highest BCUT2D eigenvalue weighted by atomic mass is 32.1. The van der Waals surface area contributed by atoms with Gasteiger partial charge in [0.05, 0.1) is 5.56 Å². The number of aromatic nitrogens is 1. The van der Waals surface area contributed by atoms with Crippen LogP contribution in [-0.4, -0.2) is 51.5 Å². The third-order valence-corrected chi connectivity index (χ3v) is 6.16. The Morgan fingerprint density at radius 2 is 1.94 bits per heavy atom. The Kier molecular flexibility index (Phi) is 5.44. The van der Waals surface area contributed by atoms with Crippen LogP contribution in [0.5, 0.6) is 0 Å². The number of aromatic carboxylic acids is 1. The van der Waals surface area contributed by atoms with Crippen LogP contribution in [0.4, 0.5) is 5.00 Å². The van der Waals surface area contributed by atoms with Crippen molar-refractivity contribution in [2.75, 3.05) is 11.9 Å². The van der Waals surface area contributed by atoms with Crippen LogP contribution >= 0.6 is 11.3 Å². The number of carbonyl (C=O) groups excluding carboxylic acids is 2. The number of nitrogens with one attached hydrogen (secondary N) is 4. The Balaban J connectivity index is 1.46. The van der Waals surface area contributed by atoms with E-state index in [0.29, 0.717) is 29.1 Å². The molecule has 2 amide bonds. The number of hydrogen-bond acceptors (Lipinski definition) is 6. The minimum Gasteiger partial charge on any atom is -0.478 e. The van der Waals surface area contributed by atoms with Crippen LogP contribution in [0.25, 0.3) is 10.9 Å². The average molecular weight is 442 g/mol. The number of carboxylic acids is 2. The lowest BCUT2D eigenvalue weighted by Gasteiger charge is -2.24. The summed E-state index contributed by atoms with van der Waals surface area (Å²) in [5.41, 5.74) is 1.70. The van der Waals surface area contributed by atoms with Crippen molar-refractivity contribution < 1.29 is 29.4 Å². The molecule has 2 aromatic heterocycles. The predicted octanol–water partition coefficient (Wildman–Crippen LogP) is 1.39. The van der Waals surface area contributed by atoms with E-state index in [2.05, 4.69) is 20.9 Å². The molecule has 0 fully saturated rings. The number of carbonyl (C=O) groups is 4. The average Bonchev–Trinajstić information content (AvgIpc) is 3.32. The third kappa shape index (κ3) is 4.13. The number of hydrogen-bond donors (Lipinski definition) is 6. The molecule has 31 heavy (non-hydrogen) atoms. The summed E-state index contributed by atoms with van der Waals surface area (Å²) in [7, 11) is 0. The van der Waals surface area contributed by atoms with Gasteiger partial charge in [0.25, 0.3) is 5.91 Å². The van der Waals surface area contributed by atoms with Crippen molar-refractivity contribution in [2.45, 2.75) is 19.0 Å². The second kappa shape index (κ2) is 8.20. The summed E-state index contributed by atoms with van der Waals surface area (Å²) in [6.07, 6.45) is 0.309. The molecule has 6 N–H and O–H groups in total. The predicted molar refractivity (Wildman–Crippen MR) is 113 cm³/mol. The van der Waals surface area contributed by atoms with Crippen molar-refractivity contribution in [2.24, 2.45) is 0 Å². The molecule has 0 radical (unpaired) electrons. The highest BCUT2D eigenvalue weighted by Crippen LogP contribution is 2.36. The maximum Gasteiger partial charge on any atom is 0.394 e. The number of aromatic amines is 1. The van der Waals surface area contributed by atoms with E-state index < -0.39 is 17.8 Å². The molecule has 3 aromatic rings. The molecule has 0 aliphatic carbocycles. The normalized spacial score (nSPS) is 15.3. The lowest BCUT2D eigenvalue weighted by molar-refractivity contribution is -0.147. The molecule has 1 aromatic carbocycles. The summed E-state index contributed by atoms with van der Waals surface area (Å²) in [5.74, 6) is -4.52. The van der Waals surface area contributed by atoms with Crippen molar-refractivity contribution >= 4 is 51.0 Å². The number of anilines is 1. The van der Waals surface area contributed by atoms with Crippen LogP contribution in [0.2, 0.25) is 0 Å². The minimum absolute atomic E-state index is 0.00513. The SMILES string of the molecule is O=C(O)C(=O)Nc1sc2c(c1C(=O)O)CC(CNC(=O)c1cc3ccccc3[nH]1)NC2. The number of carboxylic acid groups (broad SMARTS) is 2. The Hall–Kier alpha value is -3.70. The van der Waals surface area contributed by atoms with Gasteiger partial charge in [-0.15, -0.1) is 11.3 Å². The van der Waals surface area contributed by atoms with Gasteiger partial charge in [0.1, 0.15) is 10.7 Å². The quantitative estimate of drug-likeness (QED) is 0.326. The first-order chi connectivity index (χ1) is 14.8. The zero-order valence-electron chi connectivity index (χ0n) is 16.0. The molecule has 10 nitrogen and oxygen atoms in total. The second-order valence-electron chi connectivity index (χ2n) is 7.03. The summed E-state index contributed by atoms with van der Waals surface area (Å²) in [5, 5.41) is 27.5. The van der Waals surface area contributed by atoms with Crippen LogP contribution < -0.4 is 16.0 Å². The standard InChI is InChI=1S/C20H18N4O6S/c25-16(13-5-9-3-1-2-4-12(9)23-13)22-7-10-6-11-14(8-21-10)31-18(15(11)19(27)28)24-17(26)20(29)30/h1-5,10,21,23H,6-8H2,(H,22,25)(H,24,26)(H,27,28)(H,29,30). The number of thiophene rings is 1. The Bertz CT molecular complexity index is 1180. The second-order valence-corrected chi connectivity index (χ2v) is 8.14. The van der Waals surface area contributed by atoms with E-state index >= 15 is 0 Å². The van der Waals surface area contributed by atoms with Gasteiger partial charge in [0.15, 0.2) is 0 Å². The highest BCUT2D eigenvalue weighted by Gasteiger charge is 2.30. The monoisotopic (exact) mass is 442 g/mol. The molecule has 4 rings (SSSR count). The molecular weight excluding hydrogens is 424 g/mol. The number of aliphatic carboxylic acids is 1. The van der Waals surface area contributed by atoms with Gasteiger partial charge in [0, 0.05) is 34.9 Å². The lowest BCUT2D eigenvalue weighted by Crippen LogP contribution is -2.44. The fraction of sp³-hybridized carbons (Fsp3) is 0.200. The number of fused-ring (bicyclic) bond motifs is 2. The fourth-order valence-corrected chi connectivity index (χ4v) is 4.72. The largest absolute Gasteiger partial charge is 0.478 e. The number of para-hydroxylation sites is 1. The summed E-state index contributed by atoms with van der Waals surface area (Å²) >= 11 is 1.03. The van der Waals surface area contributed by atoms with E-state index in [1.807, 2.05) is 24.3 Å². The van der Waals surface area contributed by atoms with Crippen molar-refractivity contribution in [1.29, 1.82) is 0 Å². The fourth-order valence-electron chi connectivity index (χ4n) is 3.55. The van der Waals surface area contributed by atoms with Gasteiger partial charge >= 0.3 is 17.8 Å². The van der Waals surface area contributed by atoms with Crippen LogP contribution in [0.15, 0.2) is 30.3 Å². The van der Waals surface area contributed by atoms with E-state index in [1.54, 1.807) is 6.07 Å². The summed E-state index contributed by atoms with van der Waals surface area (Å²) in [4.78, 5) is 50.3. The zero-order valence-corrected chi connectivity index (χ0v) is 16.8. The Morgan fingerprint density at radius 3 is 2.65 bits per heavy atom. The third-order valence-electron chi connectivity index (χ3n) is 5.01. The molecule has 0 saturated heterocycles. The molecule has 1 aliphatic heterocycles. The summed E-state index contributed by atoms with van der Waals surface area (Å²) in [6.45, 7) is 0.607. The Labute approximate surface area is 179 Å². The van der Waals surface area contributed by atoms with Crippen molar-refractivity contribution in [1.82, 2.24) is 15.6 Å². The lowest BCUT2D eigenvalue weighted by atomic mass is 9.98. The Morgan fingerprint density at radius 1 is 1.16 bits per heavy atom. The van der Waals surface area contributed by atoms with Crippen LogP contribution in [0.3, 0.4) is 0 Å².